The molecule has 1 aromatic rings. The van der Waals surface area contributed by atoms with Gasteiger partial charge >= 0.3 is 0 Å². The van der Waals surface area contributed by atoms with Crippen LogP contribution in [-0.4, -0.2) is 12.1 Å². The summed E-state index contributed by atoms with van der Waals surface area (Å²) < 4.78 is 6.08. The number of benzene rings is 1. The van der Waals surface area contributed by atoms with Gasteiger partial charge in [0.15, 0.2) is 0 Å². The zero-order valence-corrected chi connectivity index (χ0v) is 12.6. The molecular weight excluding hydrogens is 234 g/mol. The normalized spacial score (nSPS) is 28.2. The summed E-state index contributed by atoms with van der Waals surface area (Å²) in [6, 6.07) is 8.65. The molecule has 3 atom stereocenters. The number of hydrogen-bond acceptors (Lipinski definition) is 2. The smallest absolute Gasteiger partial charge is 0.119 e. The van der Waals surface area contributed by atoms with Crippen LogP contribution >= 0.6 is 0 Å². The summed E-state index contributed by atoms with van der Waals surface area (Å²) in [7, 11) is 0. The first-order chi connectivity index (χ1) is 8.86. The second-order valence-corrected chi connectivity index (χ2v) is 7.01. The van der Waals surface area contributed by atoms with E-state index < -0.39 is 0 Å². The number of rotatable bonds is 2. The molecule has 2 heteroatoms. The summed E-state index contributed by atoms with van der Waals surface area (Å²) in [5, 5.41) is 0. The van der Waals surface area contributed by atoms with Gasteiger partial charge in [-0.2, -0.15) is 0 Å². The molecule has 19 heavy (non-hydrogen) atoms. The van der Waals surface area contributed by atoms with Gasteiger partial charge in [-0.1, -0.05) is 39.8 Å². The average molecular weight is 261 g/mol. The third kappa shape index (κ3) is 3.73. The number of hydrogen-bond donors (Lipinski definition) is 1. The highest BCUT2D eigenvalue weighted by atomic mass is 16.5. The van der Waals surface area contributed by atoms with Gasteiger partial charge in [0.2, 0.25) is 0 Å². The molecule has 2 N–H and O–H groups in total. The molecule has 0 amide bonds. The molecule has 106 valence electrons. The van der Waals surface area contributed by atoms with Crippen molar-refractivity contribution >= 4 is 0 Å². The molecule has 1 aromatic carbocycles. The SMILES string of the molecule is CC1CCC(N)C(Oc2ccc(C(C)(C)C)cc2)C1. The van der Waals surface area contributed by atoms with Crippen LogP contribution in [0.5, 0.6) is 5.75 Å². The Morgan fingerprint density at radius 3 is 2.32 bits per heavy atom. The first-order valence-corrected chi connectivity index (χ1v) is 7.39. The maximum absolute atomic E-state index is 6.16. The van der Waals surface area contributed by atoms with Gasteiger partial charge in [0.05, 0.1) is 0 Å². The molecule has 2 nitrogen and oxygen atoms in total. The van der Waals surface area contributed by atoms with Crippen LogP contribution in [0.4, 0.5) is 0 Å². The highest BCUT2D eigenvalue weighted by molar-refractivity contribution is 5.31. The highest BCUT2D eigenvalue weighted by Gasteiger charge is 2.27. The fraction of sp³-hybridized carbons (Fsp3) is 0.647. The lowest BCUT2D eigenvalue weighted by atomic mass is 9.85. The van der Waals surface area contributed by atoms with E-state index >= 15 is 0 Å². The molecule has 0 radical (unpaired) electrons. The van der Waals surface area contributed by atoms with Gasteiger partial charge in [0, 0.05) is 6.04 Å². The number of nitrogens with two attached hydrogens (primary N) is 1. The van der Waals surface area contributed by atoms with Crippen molar-refractivity contribution < 1.29 is 4.74 Å². The van der Waals surface area contributed by atoms with Crippen LogP contribution in [0, 0.1) is 5.92 Å². The quantitative estimate of drug-likeness (QED) is 0.877. The van der Waals surface area contributed by atoms with Crippen LogP contribution < -0.4 is 10.5 Å². The third-order valence-corrected chi connectivity index (χ3v) is 4.11. The molecule has 0 aromatic heterocycles. The van der Waals surface area contributed by atoms with Gasteiger partial charge in [-0.15, -0.1) is 0 Å². The molecular formula is C17H27NO. The van der Waals surface area contributed by atoms with Crippen molar-refractivity contribution in [1.29, 1.82) is 0 Å². The topological polar surface area (TPSA) is 35.2 Å². The van der Waals surface area contributed by atoms with Gasteiger partial charge in [-0.3, -0.25) is 0 Å². The molecule has 1 aliphatic rings. The summed E-state index contributed by atoms with van der Waals surface area (Å²) in [5.74, 6) is 1.67. The fourth-order valence-corrected chi connectivity index (χ4v) is 2.70. The Morgan fingerprint density at radius 1 is 1.11 bits per heavy atom. The molecule has 0 heterocycles. The van der Waals surface area contributed by atoms with Crippen molar-refractivity contribution in [3.05, 3.63) is 29.8 Å². The summed E-state index contributed by atoms with van der Waals surface area (Å²) in [6.07, 6.45) is 3.54. The van der Waals surface area contributed by atoms with Crippen molar-refractivity contribution in [1.82, 2.24) is 0 Å². The summed E-state index contributed by atoms with van der Waals surface area (Å²) in [4.78, 5) is 0. The van der Waals surface area contributed by atoms with Crippen LogP contribution in [0.25, 0.3) is 0 Å². The lowest BCUT2D eigenvalue weighted by Gasteiger charge is -2.32. The molecule has 1 saturated carbocycles. The van der Waals surface area contributed by atoms with Crippen molar-refractivity contribution in [2.75, 3.05) is 0 Å². The Morgan fingerprint density at radius 2 is 1.74 bits per heavy atom. The van der Waals surface area contributed by atoms with Crippen LogP contribution in [0.3, 0.4) is 0 Å². The van der Waals surface area contributed by atoms with Gasteiger partial charge in [-0.25, -0.2) is 0 Å². The van der Waals surface area contributed by atoms with Crippen molar-refractivity contribution in [3.8, 4) is 5.75 Å². The largest absolute Gasteiger partial charge is 0.489 e. The Hall–Kier alpha value is -1.02. The zero-order chi connectivity index (χ0) is 14.0. The van der Waals surface area contributed by atoms with E-state index in [0.717, 1.165) is 24.5 Å². The van der Waals surface area contributed by atoms with E-state index in [2.05, 4.69) is 52.0 Å². The van der Waals surface area contributed by atoms with E-state index in [1.807, 2.05) is 0 Å². The van der Waals surface area contributed by atoms with Gasteiger partial charge < -0.3 is 10.5 Å². The minimum atomic E-state index is 0.171. The van der Waals surface area contributed by atoms with Gasteiger partial charge in [-0.05, 0) is 48.3 Å². The average Bonchev–Trinajstić information content (AvgIpc) is 2.33. The third-order valence-electron chi connectivity index (χ3n) is 4.11. The second kappa shape index (κ2) is 5.54. The Bertz CT molecular complexity index is 404. The summed E-state index contributed by atoms with van der Waals surface area (Å²) in [6.45, 7) is 8.95. The maximum Gasteiger partial charge on any atom is 0.119 e. The van der Waals surface area contributed by atoms with Crippen molar-refractivity contribution in [2.45, 2.75) is 64.5 Å². The zero-order valence-electron chi connectivity index (χ0n) is 12.6. The Kier molecular flexibility index (Phi) is 4.19. The van der Waals surface area contributed by atoms with Gasteiger partial charge in [0.25, 0.3) is 0 Å². The first-order valence-electron chi connectivity index (χ1n) is 7.39. The van der Waals surface area contributed by atoms with E-state index in [4.69, 9.17) is 10.5 Å². The van der Waals surface area contributed by atoms with Crippen LogP contribution in [0.15, 0.2) is 24.3 Å². The maximum atomic E-state index is 6.16. The van der Waals surface area contributed by atoms with E-state index in [1.54, 1.807) is 0 Å². The standard InChI is InChI=1S/C17H27NO/c1-12-5-10-15(18)16(11-12)19-14-8-6-13(7-9-14)17(2,3)4/h6-9,12,15-16H,5,10-11,18H2,1-4H3. The molecule has 0 spiro atoms. The molecule has 0 aliphatic heterocycles. The minimum Gasteiger partial charge on any atom is -0.489 e. The van der Waals surface area contributed by atoms with Crippen molar-refractivity contribution in [2.24, 2.45) is 11.7 Å². The lowest BCUT2D eigenvalue weighted by Crippen LogP contribution is -2.43. The van der Waals surface area contributed by atoms with E-state index in [0.29, 0.717) is 0 Å². The minimum absolute atomic E-state index is 0.171. The van der Waals surface area contributed by atoms with E-state index in [1.165, 1.54) is 12.0 Å². The first kappa shape index (κ1) is 14.4. The highest BCUT2D eigenvalue weighted by Crippen LogP contribution is 2.28. The van der Waals surface area contributed by atoms with E-state index in [9.17, 15) is 0 Å². The number of ether oxygens (including phenoxy) is 1. The lowest BCUT2D eigenvalue weighted by molar-refractivity contribution is 0.108. The summed E-state index contributed by atoms with van der Waals surface area (Å²) in [5.41, 5.74) is 7.69. The second-order valence-electron chi connectivity index (χ2n) is 7.01. The fourth-order valence-electron chi connectivity index (χ4n) is 2.70. The molecule has 1 aliphatic carbocycles. The molecule has 1 fully saturated rings. The predicted octanol–water partition coefficient (Wildman–Crippen LogP) is 3.88. The predicted molar refractivity (Wildman–Crippen MR) is 80.5 cm³/mol. The van der Waals surface area contributed by atoms with Crippen molar-refractivity contribution in [3.63, 3.8) is 0 Å². The molecule has 2 rings (SSSR count). The Balaban J connectivity index is 2.03. The molecule has 0 saturated heterocycles. The summed E-state index contributed by atoms with van der Waals surface area (Å²) >= 11 is 0. The molecule has 0 bridgehead atoms. The van der Waals surface area contributed by atoms with Crippen LogP contribution in [-0.2, 0) is 5.41 Å². The monoisotopic (exact) mass is 261 g/mol. The van der Waals surface area contributed by atoms with Gasteiger partial charge in [0.1, 0.15) is 11.9 Å². The van der Waals surface area contributed by atoms with Crippen LogP contribution in [0.1, 0.15) is 52.5 Å². The molecule has 3 unspecified atom stereocenters. The van der Waals surface area contributed by atoms with E-state index in [-0.39, 0.29) is 17.6 Å². The van der Waals surface area contributed by atoms with Crippen LogP contribution in [0.2, 0.25) is 0 Å². The Labute approximate surface area is 117 Å².